The number of carbonyl (C=O) groups excluding carboxylic acids is 2. The summed E-state index contributed by atoms with van der Waals surface area (Å²) >= 11 is 0. The molecule has 0 aliphatic carbocycles. The van der Waals surface area contributed by atoms with Gasteiger partial charge in [-0.25, -0.2) is 9.37 Å². The number of amides is 2. The number of imide groups is 1. The Morgan fingerprint density at radius 1 is 1.23 bits per heavy atom. The lowest BCUT2D eigenvalue weighted by molar-refractivity contribution is -0.385. The molecule has 1 aliphatic heterocycles. The number of anilines is 1. The number of piperazine rings is 1. The van der Waals surface area contributed by atoms with Gasteiger partial charge in [0, 0.05) is 19.2 Å². The summed E-state index contributed by atoms with van der Waals surface area (Å²) in [4.78, 5) is 41.5. The molecular weight excluding hydrogens is 343 g/mol. The van der Waals surface area contributed by atoms with Crippen molar-refractivity contribution in [2.24, 2.45) is 0 Å². The first-order valence-electron chi connectivity index (χ1n) is 7.87. The molecule has 26 heavy (non-hydrogen) atoms. The predicted octanol–water partition coefficient (Wildman–Crippen LogP) is 1.55. The van der Waals surface area contributed by atoms with Gasteiger partial charge in [0.05, 0.1) is 17.9 Å². The number of carbonyl (C=O) groups is 2. The molecule has 1 saturated heterocycles. The average molecular weight is 358 g/mol. The van der Waals surface area contributed by atoms with Crippen LogP contribution in [-0.4, -0.2) is 46.3 Å². The molecular formula is C17H15FN4O4. The highest BCUT2D eigenvalue weighted by Gasteiger charge is 2.29. The van der Waals surface area contributed by atoms with Gasteiger partial charge in [0.1, 0.15) is 17.8 Å². The van der Waals surface area contributed by atoms with Crippen molar-refractivity contribution in [2.75, 3.05) is 24.5 Å². The van der Waals surface area contributed by atoms with Crippen molar-refractivity contribution in [3.8, 4) is 0 Å². The predicted molar refractivity (Wildman–Crippen MR) is 89.9 cm³/mol. The zero-order chi connectivity index (χ0) is 18.7. The van der Waals surface area contributed by atoms with E-state index >= 15 is 0 Å². The lowest BCUT2D eigenvalue weighted by Gasteiger charge is -2.33. The molecule has 0 bridgehead atoms. The maximum absolute atomic E-state index is 13.7. The lowest BCUT2D eigenvalue weighted by Crippen LogP contribution is -2.53. The summed E-state index contributed by atoms with van der Waals surface area (Å²) in [6, 6.07) is 8.71. The molecule has 1 fully saturated rings. The quantitative estimate of drug-likeness (QED) is 0.608. The molecule has 2 heterocycles. The standard InChI is InChI=1S/C17H15FN4O4/c18-14-4-2-1-3-12(14)9-16(23)21-8-7-20(11-17(21)24)15-6-5-13(10-19-15)22(25)26/h1-6,10H,7-9,11H2. The van der Waals surface area contributed by atoms with Crippen LogP contribution in [0.2, 0.25) is 0 Å². The van der Waals surface area contributed by atoms with Crippen LogP contribution in [-0.2, 0) is 16.0 Å². The van der Waals surface area contributed by atoms with Crippen molar-refractivity contribution in [3.05, 3.63) is 64.1 Å². The van der Waals surface area contributed by atoms with Crippen LogP contribution in [0.25, 0.3) is 0 Å². The number of aromatic nitrogens is 1. The second-order valence-electron chi connectivity index (χ2n) is 5.76. The zero-order valence-corrected chi connectivity index (χ0v) is 13.7. The van der Waals surface area contributed by atoms with E-state index < -0.39 is 22.6 Å². The van der Waals surface area contributed by atoms with Crippen LogP contribution < -0.4 is 4.90 Å². The van der Waals surface area contributed by atoms with Crippen molar-refractivity contribution in [3.63, 3.8) is 0 Å². The number of pyridine rings is 1. The maximum atomic E-state index is 13.7. The van der Waals surface area contributed by atoms with E-state index in [0.717, 1.165) is 11.1 Å². The minimum absolute atomic E-state index is 0.0756. The van der Waals surface area contributed by atoms with E-state index in [-0.39, 0.29) is 30.8 Å². The van der Waals surface area contributed by atoms with Crippen LogP contribution in [0.15, 0.2) is 42.6 Å². The van der Waals surface area contributed by atoms with Crippen LogP contribution in [0.5, 0.6) is 0 Å². The fraction of sp³-hybridized carbons (Fsp3) is 0.235. The number of halogens is 1. The van der Waals surface area contributed by atoms with Gasteiger partial charge in [0.25, 0.3) is 5.69 Å². The highest BCUT2D eigenvalue weighted by atomic mass is 19.1. The summed E-state index contributed by atoms with van der Waals surface area (Å²) in [5.74, 6) is -0.943. The van der Waals surface area contributed by atoms with Crippen LogP contribution in [0, 0.1) is 15.9 Å². The first-order valence-corrected chi connectivity index (χ1v) is 7.87. The maximum Gasteiger partial charge on any atom is 0.287 e. The van der Waals surface area contributed by atoms with Gasteiger partial charge in [-0.3, -0.25) is 24.6 Å². The monoisotopic (exact) mass is 358 g/mol. The minimum Gasteiger partial charge on any atom is -0.345 e. The molecule has 0 radical (unpaired) electrons. The number of hydrogen-bond acceptors (Lipinski definition) is 6. The van der Waals surface area contributed by atoms with Crippen molar-refractivity contribution in [1.29, 1.82) is 0 Å². The van der Waals surface area contributed by atoms with Gasteiger partial charge in [0.15, 0.2) is 0 Å². The number of nitro groups is 1. The fourth-order valence-corrected chi connectivity index (χ4v) is 2.71. The number of benzene rings is 1. The van der Waals surface area contributed by atoms with Crippen LogP contribution in [0.4, 0.5) is 15.9 Å². The first-order chi connectivity index (χ1) is 12.5. The third-order valence-electron chi connectivity index (χ3n) is 4.09. The Hall–Kier alpha value is -3.36. The molecule has 9 heteroatoms. The largest absolute Gasteiger partial charge is 0.345 e. The Labute approximate surface area is 148 Å². The smallest absolute Gasteiger partial charge is 0.287 e. The molecule has 0 unspecified atom stereocenters. The second-order valence-corrected chi connectivity index (χ2v) is 5.76. The highest BCUT2D eigenvalue weighted by molar-refractivity contribution is 5.98. The SMILES string of the molecule is O=C(Cc1ccccc1F)N1CCN(c2ccc([N+](=O)[O-])cn2)CC1=O. The van der Waals surface area contributed by atoms with Crippen LogP contribution in [0.1, 0.15) is 5.56 Å². The summed E-state index contributed by atoms with van der Waals surface area (Å²) in [5.41, 5.74) is 0.101. The number of nitrogens with zero attached hydrogens (tertiary/aromatic N) is 4. The third kappa shape index (κ3) is 3.66. The van der Waals surface area contributed by atoms with Crippen molar-refractivity contribution in [1.82, 2.24) is 9.88 Å². The third-order valence-corrected chi connectivity index (χ3v) is 4.09. The average Bonchev–Trinajstić information content (AvgIpc) is 2.63. The molecule has 8 nitrogen and oxygen atoms in total. The fourth-order valence-electron chi connectivity index (χ4n) is 2.71. The van der Waals surface area contributed by atoms with Gasteiger partial charge in [-0.15, -0.1) is 0 Å². The van der Waals surface area contributed by atoms with Gasteiger partial charge in [-0.05, 0) is 17.7 Å². The molecule has 2 amide bonds. The van der Waals surface area contributed by atoms with Gasteiger partial charge in [-0.1, -0.05) is 18.2 Å². The van der Waals surface area contributed by atoms with E-state index in [4.69, 9.17) is 0 Å². The Morgan fingerprint density at radius 2 is 2.00 bits per heavy atom. The summed E-state index contributed by atoms with van der Waals surface area (Å²) in [7, 11) is 0. The van der Waals surface area contributed by atoms with Crippen LogP contribution in [0.3, 0.4) is 0 Å². The van der Waals surface area contributed by atoms with Crippen LogP contribution >= 0.6 is 0 Å². The summed E-state index contributed by atoms with van der Waals surface area (Å²) in [6.45, 7) is 0.415. The molecule has 0 N–H and O–H groups in total. The molecule has 3 rings (SSSR count). The Morgan fingerprint density at radius 3 is 2.62 bits per heavy atom. The van der Waals surface area contributed by atoms with E-state index in [0.29, 0.717) is 12.4 Å². The minimum atomic E-state index is -0.554. The molecule has 1 aliphatic rings. The second kappa shape index (κ2) is 7.26. The zero-order valence-electron chi connectivity index (χ0n) is 13.7. The van der Waals surface area contributed by atoms with Crippen molar-refractivity contribution in [2.45, 2.75) is 6.42 Å². The topological polar surface area (TPSA) is 96.7 Å². The number of rotatable bonds is 4. The van der Waals surface area contributed by atoms with E-state index in [1.54, 1.807) is 11.0 Å². The molecule has 0 atom stereocenters. The van der Waals surface area contributed by atoms with Gasteiger partial charge >= 0.3 is 0 Å². The molecule has 1 aromatic heterocycles. The first kappa shape index (κ1) is 17.5. The van der Waals surface area contributed by atoms with Gasteiger partial charge in [0.2, 0.25) is 11.8 Å². The van der Waals surface area contributed by atoms with Gasteiger partial charge in [-0.2, -0.15) is 0 Å². The number of hydrogen-bond donors (Lipinski definition) is 0. The van der Waals surface area contributed by atoms with Gasteiger partial charge < -0.3 is 4.90 Å². The molecule has 1 aromatic carbocycles. The Balaban J connectivity index is 1.64. The van der Waals surface area contributed by atoms with E-state index in [9.17, 15) is 24.1 Å². The normalized spacial score (nSPS) is 14.4. The summed E-state index contributed by atoms with van der Waals surface area (Å²) in [5, 5.41) is 10.7. The molecule has 134 valence electrons. The lowest BCUT2D eigenvalue weighted by atomic mass is 10.1. The molecule has 0 saturated carbocycles. The Bertz CT molecular complexity index is 856. The van der Waals surface area contributed by atoms with Crippen molar-refractivity contribution >= 4 is 23.3 Å². The Kier molecular flexibility index (Phi) is 4.87. The van der Waals surface area contributed by atoms with E-state index in [2.05, 4.69) is 4.98 Å². The van der Waals surface area contributed by atoms with E-state index in [1.165, 1.54) is 30.3 Å². The molecule has 0 spiro atoms. The molecule has 2 aromatic rings. The summed E-state index contributed by atoms with van der Waals surface area (Å²) < 4.78 is 13.7. The summed E-state index contributed by atoms with van der Waals surface area (Å²) in [6.07, 6.45) is 0.934. The van der Waals surface area contributed by atoms with E-state index in [1.807, 2.05) is 0 Å². The van der Waals surface area contributed by atoms with Crippen molar-refractivity contribution < 1.29 is 18.9 Å². The highest BCUT2D eigenvalue weighted by Crippen LogP contribution is 2.18.